The fraction of sp³-hybridized carbons (Fsp3) is 0.308. The molecule has 0 fully saturated rings. The van der Waals surface area contributed by atoms with Crippen molar-refractivity contribution in [2.45, 2.75) is 38.9 Å². The molecule has 10 nitrogen and oxygen atoms in total. The Bertz CT molecular complexity index is 1330. The minimum Gasteiger partial charge on any atom is -0.465 e. The van der Waals surface area contributed by atoms with Crippen LogP contribution in [-0.2, 0) is 22.7 Å². The zero-order chi connectivity index (χ0) is 27.2. The molecule has 3 aromatic rings. The second-order valence-corrected chi connectivity index (χ2v) is 8.84. The van der Waals surface area contributed by atoms with E-state index in [0.717, 1.165) is 0 Å². The molecular formula is C26H28F2N6O4. The second-order valence-electron chi connectivity index (χ2n) is 8.84. The van der Waals surface area contributed by atoms with Crippen LogP contribution in [0.15, 0.2) is 48.5 Å². The van der Waals surface area contributed by atoms with Gasteiger partial charge in [0.15, 0.2) is 0 Å². The topological polar surface area (TPSA) is 129 Å². The Hall–Kier alpha value is -4.48. The van der Waals surface area contributed by atoms with Crippen LogP contribution < -0.4 is 16.0 Å². The summed E-state index contributed by atoms with van der Waals surface area (Å²) in [5, 5.41) is 17.3. The lowest BCUT2D eigenvalue weighted by molar-refractivity contribution is -0.137. The summed E-state index contributed by atoms with van der Waals surface area (Å²) >= 11 is 0. The average Bonchev–Trinajstić information content (AvgIpc) is 3.25. The van der Waals surface area contributed by atoms with Gasteiger partial charge >= 0.3 is 6.09 Å². The van der Waals surface area contributed by atoms with Crippen LogP contribution in [0.3, 0.4) is 0 Å². The zero-order valence-electron chi connectivity index (χ0n) is 20.7. The summed E-state index contributed by atoms with van der Waals surface area (Å²) in [7, 11) is 0. The number of hydrogen-bond acceptors (Lipinski definition) is 5. The van der Waals surface area contributed by atoms with E-state index in [2.05, 4.69) is 20.9 Å². The number of amides is 3. The summed E-state index contributed by atoms with van der Waals surface area (Å²) in [5.41, 5.74) is 1.54. The summed E-state index contributed by atoms with van der Waals surface area (Å²) in [6, 6.07) is 10.4. The van der Waals surface area contributed by atoms with Crippen LogP contribution in [0.1, 0.15) is 25.6 Å². The van der Waals surface area contributed by atoms with Gasteiger partial charge in [-0.25, -0.2) is 18.6 Å². The number of fused-ring (bicyclic) bond motifs is 1. The van der Waals surface area contributed by atoms with Crippen LogP contribution in [0, 0.1) is 11.6 Å². The number of hydrogen-bond donors (Lipinski definition) is 4. The highest BCUT2D eigenvalue weighted by atomic mass is 19.1. The lowest BCUT2D eigenvalue weighted by Gasteiger charge is -2.31. The number of imidazole rings is 1. The fourth-order valence-corrected chi connectivity index (χ4v) is 4.24. The van der Waals surface area contributed by atoms with Gasteiger partial charge in [0.05, 0.1) is 13.0 Å². The first-order valence-electron chi connectivity index (χ1n) is 12.2. The number of nitrogens with zero attached hydrogens (tertiary/aromatic N) is 3. The molecule has 200 valence electrons. The molecule has 0 radical (unpaired) electrons. The molecule has 1 aliphatic heterocycles. The van der Waals surface area contributed by atoms with E-state index in [9.17, 15) is 28.3 Å². The van der Waals surface area contributed by atoms with E-state index in [1.807, 2.05) is 11.5 Å². The minimum atomic E-state index is -1.41. The van der Waals surface area contributed by atoms with Crippen molar-refractivity contribution in [2.24, 2.45) is 0 Å². The maximum Gasteiger partial charge on any atom is 0.405 e. The third kappa shape index (κ3) is 6.25. The van der Waals surface area contributed by atoms with Crippen LogP contribution in [0.2, 0.25) is 0 Å². The lowest BCUT2D eigenvalue weighted by atomic mass is 10.1. The van der Waals surface area contributed by atoms with Crippen LogP contribution in [0.5, 0.6) is 0 Å². The van der Waals surface area contributed by atoms with Gasteiger partial charge in [0.2, 0.25) is 11.8 Å². The van der Waals surface area contributed by atoms with Crippen molar-refractivity contribution in [3.8, 4) is 11.3 Å². The number of carboxylic acid groups (broad SMARTS) is 1. The Kier molecular flexibility index (Phi) is 8.19. The van der Waals surface area contributed by atoms with E-state index in [1.54, 1.807) is 24.3 Å². The Morgan fingerprint density at radius 3 is 2.53 bits per heavy atom. The van der Waals surface area contributed by atoms with Crippen LogP contribution >= 0.6 is 0 Å². The SMILES string of the molecule is CCCNC(=O)C[C@H](NC(=O)O)C(=O)N1CCn2c(nc(-c3cccc(F)c3)c2Nc2ccc(F)cc2)C1. The number of carbonyl (C=O) groups excluding carboxylic acids is 2. The van der Waals surface area contributed by atoms with Gasteiger partial charge < -0.3 is 30.5 Å². The maximum atomic E-state index is 14.0. The van der Waals surface area contributed by atoms with Gasteiger partial charge in [-0.1, -0.05) is 19.1 Å². The summed E-state index contributed by atoms with van der Waals surface area (Å²) in [6.45, 7) is 2.86. The molecule has 1 aromatic heterocycles. The van der Waals surface area contributed by atoms with Crippen molar-refractivity contribution in [1.29, 1.82) is 0 Å². The van der Waals surface area contributed by atoms with E-state index in [1.165, 1.54) is 29.2 Å². The summed E-state index contributed by atoms with van der Waals surface area (Å²) in [4.78, 5) is 42.9. The van der Waals surface area contributed by atoms with E-state index < -0.39 is 35.6 Å². The third-order valence-electron chi connectivity index (χ3n) is 6.05. The molecule has 12 heteroatoms. The molecule has 0 spiro atoms. The molecule has 0 saturated carbocycles. The fourth-order valence-electron chi connectivity index (χ4n) is 4.24. The normalized spacial score (nSPS) is 13.4. The summed E-state index contributed by atoms with van der Waals surface area (Å²) in [6.07, 6.45) is -1.04. The van der Waals surface area contributed by atoms with Gasteiger partial charge in [0, 0.05) is 30.9 Å². The van der Waals surface area contributed by atoms with Gasteiger partial charge in [0.1, 0.15) is 35.0 Å². The van der Waals surface area contributed by atoms with Crippen molar-refractivity contribution in [2.75, 3.05) is 18.4 Å². The molecule has 38 heavy (non-hydrogen) atoms. The minimum absolute atomic E-state index is 0.0423. The third-order valence-corrected chi connectivity index (χ3v) is 6.05. The van der Waals surface area contributed by atoms with Crippen LogP contribution in [-0.4, -0.2) is 56.6 Å². The highest BCUT2D eigenvalue weighted by Crippen LogP contribution is 2.33. The largest absolute Gasteiger partial charge is 0.465 e. The first-order chi connectivity index (χ1) is 18.2. The molecule has 0 unspecified atom stereocenters. The first-order valence-corrected chi connectivity index (χ1v) is 12.2. The molecule has 4 rings (SSSR count). The molecule has 3 amide bonds. The second kappa shape index (κ2) is 11.7. The molecule has 1 atom stereocenters. The van der Waals surface area contributed by atoms with E-state index in [-0.39, 0.29) is 19.5 Å². The average molecular weight is 527 g/mol. The molecule has 2 heterocycles. The van der Waals surface area contributed by atoms with Crippen molar-refractivity contribution in [1.82, 2.24) is 25.1 Å². The van der Waals surface area contributed by atoms with Crippen molar-refractivity contribution in [3.63, 3.8) is 0 Å². The Morgan fingerprint density at radius 2 is 1.84 bits per heavy atom. The zero-order valence-corrected chi connectivity index (χ0v) is 20.7. The lowest BCUT2D eigenvalue weighted by Crippen LogP contribution is -2.52. The van der Waals surface area contributed by atoms with Crippen molar-refractivity contribution < 1.29 is 28.3 Å². The van der Waals surface area contributed by atoms with Gasteiger partial charge in [-0.05, 0) is 42.8 Å². The first kappa shape index (κ1) is 26.6. The summed E-state index contributed by atoms with van der Waals surface area (Å²) in [5.74, 6) is -0.785. The Labute approximate surface area is 217 Å². The molecule has 1 aliphatic rings. The van der Waals surface area contributed by atoms with E-state index >= 15 is 0 Å². The highest BCUT2D eigenvalue weighted by Gasteiger charge is 2.32. The van der Waals surface area contributed by atoms with Crippen LogP contribution in [0.25, 0.3) is 11.3 Å². The number of nitrogens with one attached hydrogen (secondary N) is 3. The predicted molar refractivity (Wildman–Crippen MR) is 136 cm³/mol. The number of carbonyl (C=O) groups is 3. The van der Waals surface area contributed by atoms with Gasteiger partial charge in [0.25, 0.3) is 0 Å². The quantitative estimate of drug-likeness (QED) is 0.338. The van der Waals surface area contributed by atoms with E-state index in [4.69, 9.17) is 0 Å². The smallest absolute Gasteiger partial charge is 0.405 e. The Balaban J connectivity index is 1.62. The van der Waals surface area contributed by atoms with Crippen LogP contribution in [0.4, 0.5) is 25.1 Å². The van der Waals surface area contributed by atoms with Gasteiger partial charge in [-0.3, -0.25) is 9.59 Å². The maximum absolute atomic E-state index is 14.0. The molecule has 4 N–H and O–H groups in total. The van der Waals surface area contributed by atoms with Gasteiger partial charge in [-0.15, -0.1) is 0 Å². The molecule has 0 saturated heterocycles. The molecule has 2 aromatic carbocycles. The highest BCUT2D eigenvalue weighted by molar-refractivity contribution is 5.91. The number of halogens is 2. The predicted octanol–water partition coefficient (Wildman–Crippen LogP) is 3.47. The number of aromatic nitrogens is 2. The number of anilines is 2. The van der Waals surface area contributed by atoms with E-state index in [0.29, 0.717) is 48.1 Å². The molecule has 0 bridgehead atoms. The standard InChI is InChI=1S/C26H28F2N6O4/c1-2-10-29-22(35)14-20(31-26(37)38)25(36)33-11-12-34-21(15-33)32-23(16-4-3-5-18(28)13-16)24(34)30-19-8-6-17(27)7-9-19/h3-9,13,20,30-31H,2,10-12,14-15H2,1H3,(H,29,35)(H,37,38)/t20-/m0/s1. The van der Waals surface area contributed by atoms with Crippen molar-refractivity contribution >= 4 is 29.4 Å². The molecule has 0 aliphatic carbocycles. The monoisotopic (exact) mass is 526 g/mol. The Morgan fingerprint density at radius 1 is 1.08 bits per heavy atom. The number of rotatable bonds is 9. The van der Waals surface area contributed by atoms with Gasteiger partial charge in [-0.2, -0.15) is 0 Å². The van der Waals surface area contributed by atoms with Crippen molar-refractivity contribution in [3.05, 3.63) is 66.0 Å². The summed E-state index contributed by atoms with van der Waals surface area (Å²) < 4.78 is 29.3. The number of benzene rings is 2. The molecular weight excluding hydrogens is 498 g/mol.